The van der Waals surface area contributed by atoms with E-state index in [1.165, 1.54) is 6.08 Å². The summed E-state index contributed by atoms with van der Waals surface area (Å²) in [6, 6.07) is 9.79. The molecular formula is C21H25N3O3. The van der Waals surface area contributed by atoms with Gasteiger partial charge in [-0.25, -0.2) is 4.98 Å². The van der Waals surface area contributed by atoms with E-state index < -0.39 is 0 Å². The van der Waals surface area contributed by atoms with E-state index in [9.17, 15) is 4.79 Å². The fourth-order valence-electron chi connectivity index (χ4n) is 2.93. The smallest absolute Gasteiger partial charge is 0.244 e. The molecule has 1 aliphatic heterocycles. The molecule has 0 atom stereocenters. The van der Waals surface area contributed by atoms with Crippen LogP contribution in [-0.2, 0) is 16.1 Å². The van der Waals surface area contributed by atoms with Gasteiger partial charge in [-0.15, -0.1) is 0 Å². The quantitative estimate of drug-likeness (QED) is 0.795. The Balaban J connectivity index is 1.58. The van der Waals surface area contributed by atoms with Gasteiger partial charge in [-0.2, -0.15) is 0 Å². The summed E-state index contributed by atoms with van der Waals surface area (Å²) < 4.78 is 10.7. The van der Waals surface area contributed by atoms with Gasteiger partial charge in [0.1, 0.15) is 11.6 Å². The molecule has 1 saturated heterocycles. The fourth-order valence-corrected chi connectivity index (χ4v) is 2.93. The maximum Gasteiger partial charge on any atom is 0.244 e. The zero-order chi connectivity index (χ0) is 19.1. The van der Waals surface area contributed by atoms with Crippen molar-refractivity contribution >= 4 is 17.8 Å². The van der Waals surface area contributed by atoms with Crippen LogP contribution >= 0.6 is 0 Å². The zero-order valence-corrected chi connectivity index (χ0v) is 15.8. The third kappa shape index (κ3) is 5.31. The number of aromatic nitrogens is 1. The van der Waals surface area contributed by atoms with Crippen LogP contribution in [0.3, 0.4) is 0 Å². The zero-order valence-electron chi connectivity index (χ0n) is 15.8. The van der Waals surface area contributed by atoms with Gasteiger partial charge in [0.15, 0.2) is 0 Å². The average Bonchev–Trinajstić information content (AvgIpc) is 2.71. The summed E-state index contributed by atoms with van der Waals surface area (Å²) >= 11 is 0. The highest BCUT2D eigenvalue weighted by Crippen LogP contribution is 2.21. The Kier molecular flexibility index (Phi) is 6.44. The van der Waals surface area contributed by atoms with Gasteiger partial charge in [0.05, 0.1) is 20.3 Å². The lowest BCUT2D eigenvalue weighted by atomic mass is 10.1. The summed E-state index contributed by atoms with van der Waals surface area (Å²) in [7, 11) is 1.62. The van der Waals surface area contributed by atoms with Crippen LogP contribution in [0, 0.1) is 6.92 Å². The summed E-state index contributed by atoms with van der Waals surface area (Å²) in [4.78, 5) is 18.8. The molecule has 2 heterocycles. The lowest BCUT2D eigenvalue weighted by molar-refractivity contribution is -0.116. The van der Waals surface area contributed by atoms with Crippen molar-refractivity contribution in [1.82, 2.24) is 10.3 Å². The molecule has 1 aromatic heterocycles. The Morgan fingerprint density at radius 1 is 1.30 bits per heavy atom. The van der Waals surface area contributed by atoms with Gasteiger partial charge in [-0.05, 0) is 42.8 Å². The molecule has 1 amide bonds. The second-order valence-electron chi connectivity index (χ2n) is 6.42. The van der Waals surface area contributed by atoms with E-state index in [0.717, 1.165) is 54.6 Å². The van der Waals surface area contributed by atoms with Gasteiger partial charge < -0.3 is 19.7 Å². The maximum atomic E-state index is 12.2. The minimum absolute atomic E-state index is 0.150. The summed E-state index contributed by atoms with van der Waals surface area (Å²) in [6.07, 6.45) is 5.08. The van der Waals surface area contributed by atoms with Crippen molar-refractivity contribution in [3.05, 3.63) is 59.3 Å². The minimum Gasteiger partial charge on any atom is -0.496 e. The lowest BCUT2D eigenvalue weighted by Crippen LogP contribution is -2.36. The van der Waals surface area contributed by atoms with Crippen molar-refractivity contribution in [3.8, 4) is 5.75 Å². The lowest BCUT2D eigenvalue weighted by Gasteiger charge is -2.28. The molecule has 27 heavy (non-hydrogen) atoms. The van der Waals surface area contributed by atoms with Gasteiger partial charge in [-0.3, -0.25) is 4.79 Å². The molecule has 0 bridgehead atoms. The standard InChI is InChI=1S/C21H25N3O3/c1-16-3-5-19(26-2)18(13-16)4-6-21(25)23-15-17-7-8-22-20(14-17)24-9-11-27-12-10-24/h3-8,13-14H,9-12,15H2,1-2H3,(H,23,25)/b6-4+. The van der Waals surface area contributed by atoms with Crippen LogP contribution in [0.4, 0.5) is 5.82 Å². The summed E-state index contributed by atoms with van der Waals surface area (Å²) in [5.41, 5.74) is 3.01. The van der Waals surface area contributed by atoms with Crippen molar-refractivity contribution in [2.45, 2.75) is 13.5 Å². The van der Waals surface area contributed by atoms with Crippen LogP contribution in [0.2, 0.25) is 0 Å². The van der Waals surface area contributed by atoms with E-state index in [1.807, 2.05) is 37.3 Å². The van der Waals surface area contributed by atoms with E-state index in [2.05, 4.69) is 15.2 Å². The van der Waals surface area contributed by atoms with Crippen molar-refractivity contribution in [2.75, 3.05) is 38.3 Å². The number of morpholine rings is 1. The summed E-state index contributed by atoms with van der Waals surface area (Å²) in [5.74, 6) is 1.52. The highest BCUT2D eigenvalue weighted by atomic mass is 16.5. The molecule has 142 valence electrons. The average molecular weight is 367 g/mol. The number of pyridine rings is 1. The van der Waals surface area contributed by atoms with Gasteiger partial charge in [-0.1, -0.05) is 11.6 Å². The van der Waals surface area contributed by atoms with Crippen LogP contribution < -0.4 is 15.0 Å². The number of amides is 1. The largest absolute Gasteiger partial charge is 0.496 e. The predicted molar refractivity (Wildman–Crippen MR) is 106 cm³/mol. The first-order valence-corrected chi connectivity index (χ1v) is 9.04. The SMILES string of the molecule is COc1ccc(C)cc1/C=C/C(=O)NCc1ccnc(N2CCOCC2)c1. The number of aryl methyl sites for hydroxylation is 1. The van der Waals surface area contributed by atoms with Crippen molar-refractivity contribution < 1.29 is 14.3 Å². The van der Waals surface area contributed by atoms with E-state index in [-0.39, 0.29) is 5.91 Å². The van der Waals surface area contributed by atoms with Crippen LogP contribution in [0.25, 0.3) is 6.08 Å². The Morgan fingerprint density at radius 2 is 2.11 bits per heavy atom. The molecule has 0 radical (unpaired) electrons. The number of nitrogens with zero attached hydrogens (tertiary/aromatic N) is 2. The topological polar surface area (TPSA) is 63.7 Å². The second kappa shape index (κ2) is 9.19. The number of hydrogen-bond acceptors (Lipinski definition) is 5. The van der Waals surface area contributed by atoms with Crippen LogP contribution in [0.1, 0.15) is 16.7 Å². The first kappa shape index (κ1) is 18.9. The van der Waals surface area contributed by atoms with Crippen LogP contribution in [0.15, 0.2) is 42.6 Å². The van der Waals surface area contributed by atoms with Crippen molar-refractivity contribution in [3.63, 3.8) is 0 Å². The normalized spacial score (nSPS) is 14.4. The Labute approximate surface area is 159 Å². The highest BCUT2D eigenvalue weighted by molar-refractivity contribution is 5.92. The van der Waals surface area contributed by atoms with E-state index in [1.54, 1.807) is 19.4 Å². The number of nitrogens with one attached hydrogen (secondary N) is 1. The van der Waals surface area contributed by atoms with Gasteiger partial charge in [0, 0.05) is 37.5 Å². The highest BCUT2D eigenvalue weighted by Gasteiger charge is 2.12. The molecule has 1 N–H and O–H groups in total. The first-order chi connectivity index (χ1) is 13.2. The number of anilines is 1. The molecule has 0 spiro atoms. The maximum absolute atomic E-state index is 12.2. The van der Waals surface area contributed by atoms with Gasteiger partial charge >= 0.3 is 0 Å². The van der Waals surface area contributed by atoms with Crippen molar-refractivity contribution in [2.24, 2.45) is 0 Å². The van der Waals surface area contributed by atoms with Crippen LogP contribution in [0.5, 0.6) is 5.75 Å². The van der Waals surface area contributed by atoms with Crippen LogP contribution in [-0.4, -0.2) is 44.3 Å². The third-order valence-electron chi connectivity index (χ3n) is 4.41. The molecule has 6 nitrogen and oxygen atoms in total. The Bertz CT molecular complexity index is 814. The number of hydrogen-bond donors (Lipinski definition) is 1. The molecule has 1 aliphatic rings. The predicted octanol–water partition coefficient (Wildman–Crippen LogP) is 2.56. The van der Waals surface area contributed by atoms with E-state index >= 15 is 0 Å². The minimum atomic E-state index is -0.150. The first-order valence-electron chi connectivity index (χ1n) is 9.04. The Hall–Kier alpha value is -2.86. The molecule has 0 unspecified atom stereocenters. The number of benzene rings is 1. The Morgan fingerprint density at radius 3 is 2.89 bits per heavy atom. The third-order valence-corrected chi connectivity index (χ3v) is 4.41. The number of rotatable bonds is 6. The fraction of sp³-hybridized carbons (Fsp3) is 0.333. The molecule has 0 aliphatic carbocycles. The number of carbonyl (C=O) groups excluding carboxylic acids is 1. The monoisotopic (exact) mass is 367 g/mol. The number of ether oxygens (including phenoxy) is 2. The summed E-state index contributed by atoms with van der Waals surface area (Å²) in [5, 5.41) is 2.91. The molecular weight excluding hydrogens is 342 g/mol. The summed E-state index contributed by atoms with van der Waals surface area (Å²) in [6.45, 7) is 5.57. The molecule has 3 rings (SSSR count). The second-order valence-corrected chi connectivity index (χ2v) is 6.42. The van der Waals surface area contributed by atoms with Gasteiger partial charge in [0.2, 0.25) is 5.91 Å². The molecule has 1 fully saturated rings. The molecule has 6 heteroatoms. The number of carbonyl (C=O) groups is 1. The van der Waals surface area contributed by atoms with E-state index in [0.29, 0.717) is 6.54 Å². The van der Waals surface area contributed by atoms with Gasteiger partial charge in [0.25, 0.3) is 0 Å². The molecule has 0 saturated carbocycles. The molecule has 2 aromatic rings. The number of methoxy groups -OCH3 is 1. The molecule has 1 aromatic carbocycles. The van der Waals surface area contributed by atoms with Crippen molar-refractivity contribution in [1.29, 1.82) is 0 Å². The van der Waals surface area contributed by atoms with E-state index in [4.69, 9.17) is 9.47 Å².